The maximum absolute atomic E-state index is 10.3. The molecule has 1 aromatic heterocycles. The highest BCUT2D eigenvalue weighted by molar-refractivity contribution is 5.94. The molecule has 4 nitrogen and oxygen atoms in total. The van der Waals surface area contributed by atoms with Gasteiger partial charge in [0.15, 0.2) is 11.6 Å². The van der Waals surface area contributed by atoms with Crippen LogP contribution < -0.4 is 0 Å². The van der Waals surface area contributed by atoms with Crippen molar-refractivity contribution in [2.24, 2.45) is 10.2 Å². The van der Waals surface area contributed by atoms with Crippen LogP contribution in [0, 0.1) is 6.92 Å². The number of fused-ring (bicyclic) bond motifs is 1. The van der Waals surface area contributed by atoms with Gasteiger partial charge in [-0.1, -0.05) is 30.3 Å². The number of pyridine rings is 1. The summed E-state index contributed by atoms with van der Waals surface area (Å²) in [5, 5.41) is 20.2. The summed E-state index contributed by atoms with van der Waals surface area (Å²) in [5.74, 6) is 0.656. The van der Waals surface area contributed by atoms with Gasteiger partial charge in [-0.2, -0.15) is 0 Å². The predicted molar refractivity (Wildman–Crippen MR) is 78.8 cm³/mol. The maximum atomic E-state index is 10.3. The van der Waals surface area contributed by atoms with Crippen LogP contribution in [-0.4, -0.2) is 10.1 Å². The summed E-state index contributed by atoms with van der Waals surface area (Å²) in [6.45, 7) is 1.99. The third kappa shape index (κ3) is 2.23. The van der Waals surface area contributed by atoms with E-state index in [1.807, 2.05) is 49.4 Å². The Balaban J connectivity index is 2.09. The van der Waals surface area contributed by atoms with Crippen LogP contribution in [0.2, 0.25) is 0 Å². The van der Waals surface area contributed by atoms with Gasteiger partial charge in [0.25, 0.3) is 0 Å². The van der Waals surface area contributed by atoms with Crippen LogP contribution in [0.25, 0.3) is 10.8 Å². The molecule has 0 spiro atoms. The minimum atomic E-state index is 0.144. The van der Waals surface area contributed by atoms with E-state index in [0.717, 1.165) is 16.3 Å². The molecule has 3 rings (SSSR count). The Labute approximate surface area is 116 Å². The lowest BCUT2D eigenvalue weighted by Crippen LogP contribution is -1.80. The zero-order valence-electron chi connectivity index (χ0n) is 11.0. The van der Waals surface area contributed by atoms with Crippen molar-refractivity contribution in [3.8, 4) is 5.75 Å². The number of nitrogens with zero attached hydrogens (tertiary/aromatic N) is 3. The second-order valence-electron chi connectivity index (χ2n) is 4.49. The van der Waals surface area contributed by atoms with Crippen molar-refractivity contribution in [2.45, 2.75) is 6.92 Å². The van der Waals surface area contributed by atoms with E-state index in [9.17, 15) is 5.11 Å². The van der Waals surface area contributed by atoms with Crippen LogP contribution in [0.1, 0.15) is 5.56 Å². The van der Waals surface area contributed by atoms with Gasteiger partial charge in [0.05, 0.1) is 0 Å². The quantitative estimate of drug-likeness (QED) is 0.683. The van der Waals surface area contributed by atoms with Gasteiger partial charge in [-0.25, -0.2) is 4.98 Å². The topological polar surface area (TPSA) is 57.8 Å². The lowest BCUT2D eigenvalue weighted by atomic mass is 10.0. The summed E-state index contributed by atoms with van der Waals surface area (Å²) >= 11 is 0. The number of aromatic nitrogens is 1. The van der Waals surface area contributed by atoms with Crippen molar-refractivity contribution >= 4 is 22.3 Å². The summed E-state index contributed by atoms with van der Waals surface area (Å²) in [7, 11) is 0. The number of aromatic hydroxyl groups is 1. The Kier molecular flexibility index (Phi) is 3.13. The summed E-state index contributed by atoms with van der Waals surface area (Å²) < 4.78 is 0. The SMILES string of the molecule is Cc1cc(N=Nc2ccccn2)c(O)c2ccccc12. The van der Waals surface area contributed by atoms with Gasteiger partial charge in [-0.05, 0) is 36.1 Å². The molecular weight excluding hydrogens is 250 g/mol. The van der Waals surface area contributed by atoms with Gasteiger partial charge in [-0.3, -0.25) is 0 Å². The van der Waals surface area contributed by atoms with Crippen molar-refractivity contribution in [3.05, 3.63) is 60.3 Å². The van der Waals surface area contributed by atoms with E-state index in [-0.39, 0.29) is 5.75 Å². The van der Waals surface area contributed by atoms with Crippen LogP contribution in [0.15, 0.2) is 65.0 Å². The highest BCUT2D eigenvalue weighted by Gasteiger charge is 2.08. The summed E-state index contributed by atoms with van der Waals surface area (Å²) in [6.07, 6.45) is 1.65. The number of hydrogen-bond acceptors (Lipinski definition) is 4. The van der Waals surface area contributed by atoms with Crippen LogP contribution in [0.3, 0.4) is 0 Å². The van der Waals surface area contributed by atoms with E-state index in [1.54, 1.807) is 12.3 Å². The van der Waals surface area contributed by atoms with Crippen LogP contribution in [0.5, 0.6) is 5.75 Å². The second kappa shape index (κ2) is 5.09. The van der Waals surface area contributed by atoms with E-state index in [2.05, 4.69) is 15.2 Å². The Morgan fingerprint density at radius 3 is 2.45 bits per heavy atom. The Hall–Kier alpha value is -2.75. The van der Waals surface area contributed by atoms with E-state index < -0.39 is 0 Å². The molecule has 0 aliphatic carbocycles. The number of phenols is 1. The molecule has 0 amide bonds. The molecule has 4 heteroatoms. The first kappa shape index (κ1) is 12.3. The number of hydrogen-bond donors (Lipinski definition) is 1. The average molecular weight is 263 g/mol. The van der Waals surface area contributed by atoms with Gasteiger partial charge in [0, 0.05) is 11.6 Å². The molecule has 0 bridgehead atoms. The molecule has 0 saturated carbocycles. The summed E-state index contributed by atoms with van der Waals surface area (Å²) in [6, 6.07) is 14.9. The first-order valence-corrected chi connectivity index (χ1v) is 6.30. The summed E-state index contributed by atoms with van der Waals surface area (Å²) in [4.78, 5) is 4.07. The highest BCUT2D eigenvalue weighted by Crippen LogP contribution is 2.37. The molecule has 3 aromatic rings. The fraction of sp³-hybridized carbons (Fsp3) is 0.0625. The molecule has 0 radical (unpaired) electrons. The molecule has 2 aromatic carbocycles. The van der Waals surface area contributed by atoms with Crippen molar-refractivity contribution in [1.82, 2.24) is 4.98 Å². The maximum Gasteiger partial charge on any atom is 0.174 e. The van der Waals surface area contributed by atoms with E-state index in [0.29, 0.717) is 11.5 Å². The van der Waals surface area contributed by atoms with Crippen molar-refractivity contribution in [1.29, 1.82) is 0 Å². The molecule has 0 aliphatic heterocycles. The molecule has 0 fully saturated rings. The van der Waals surface area contributed by atoms with Crippen molar-refractivity contribution in [3.63, 3.8) is 0 Å². The zero-order valence-corrected chi connectivity index (χ0v) is 11.0. The minimum absolute atomic E-state index is 0.144. The first-order valence-electron chi connectivity index (χ1n) is 6.30. The highest BCUT2D eigenvalue weighted by atomic mass is 16.3. The van der Waals surface area contributed by atoms with Crippen LogP contribution in [-0.2, 0) is 0 Å². The molecule has 0 atom stereocenters. The number of rotatable bonds is 2. The molecule has 98 valence electrons. The molecule has 0 unspecified atom stereocenters. The van der Waals surface area contributed by atoms with Gasteiger partial charge in [0.1, 0.15) is 5.69 Å². The number of benzene rings is 2. The number of aryl methyl sites for hydroxylation is 1. The molecular formula is C16H13N3O. The Morgan fingerprint density at radius 2 is 1.70 bits per heavy atom. The fourth-order valence-electron chi connectivity index (χ4n) is 2.12. The standard InChI is InChI=1S/C16H13N3O/c1-11-10-14(18-19-15-8-4-5-9-17-15)16(20)13-7-3-2-6-12(11)13/h2-10,20H,1H3. The summed E-state index contributed by atoms with van der Waals surface area (Å²) in [5.41, 5.74) is 1.50. The molecule has 20 heavy (non-hydrogen) atoms. The first-order chi connectivity index (χ1) is 9.75. The number of phenolic OH excluding ortho intramolecular Hbond substituents is 1. The van der Waals surface area contributed by atoms with E-state index >= 15 is 0 Å². The van der Waals surface area contributed by atoms with Crippen molar-refractivity contribution < 1.29 is 5.11 Å². The normalized spacial score (nSPS) is 11.2. The Bertz CT molecular complexity index is 782. The lowest BCUT2D eigenvalue weighted by molar-refractivity contribution is 0.482. The van der Waals surface area contributed by atoms with Gasteiger partial charge in [0.2, 0.25) is 0 Å². The largest absolute Gasteiger partial charge is 0.505 e. The van der Waals surface area contributed by atoms with Crippen LogP contribution in [0.4, 0.5) is 11.5 Å². The van der Waals surface area contributed by atoms with Gasteiger partial charge >= 0.3 is 0 Å². The predicted octanol–water partition coefficient (Wildman–Crippen LogP) is 4.66. The third-order valence-electron chi connectivity index (χ3n) is 3.11. The monoisotopic (exact) mass is 263 g/mol. The fourth-order valence-corrected chi connectivity index (χ4v) is 2.12. The molecule has 1 heterocycles. The second-order valence-corrected chi connectivity index (χ2v) is 4.49. The number of azo groups is 1. The molecule has 1 N–H and O–H groups in total. The molecule has 0 saturated heterocycles. The van der Waals surface area contributed by atoms with Gasteiger partial charge in [-0.15, -0.1) is 10.2 Å². The average Bonchev–Trinajstić information content (AvgIpc) is 2.50. The minimum Gasteiger partial charge on any atom is -0.505 e. The van der Waals surface area contributed by atoms with Crippen LogP contribution >= 0.6 is 0 Å². The Morgan fingerprint density at radius 1 is 0.950 bits per heavy atom. The third-order valence-corrected chi connectivity index (χ3v) is 3.11. The lowest BCUT2D eigenvalue weighted by Gasteiger charge is -2.06. The van der Waals surface area contributed by atoms with E-state index in [1.165, 1.54) is 0 Å². The molecule has 0 aliphatic rings. The van der Waals surface area contributed by atoms with Crippen molar-refractivity contribution in [2.75, 3.05) is 0 Å². The zero-order chi connectivity index (χ0) is 13.9. The van der Waals surface area contributed by atoms with E-state index in [4.69, 9.17) is 0 Å². The smallest absolute Gasteiger partial charge is 0.174 e. The van der Waals surface area contributed by atoms with Gasteiger partial charge < -0.3 is 5.11 Å².